The van der Waals surface area contributed by atoms with Crippen LogP contribution in [0.1, 0.15) is 11.1 Å². The second-order valence-electron chi connectivity index (χ2n) is 4.15. The summed E-state index contributed by atoms with van der Waals surface area (Å²) in [7, 11) is 0. The van der Waals surface area contributed by atoms with Crippen molar-refractivity contribution in [2.75, 3.05) is 4.31 Å². The molecule has 0 aliphatic carbocycles. The van der Waals surface area contributed by atoms with E-state index in [0.717, 1.165) is 16.8 Å². The van der Waals surface area contributed by atoms with Gasteiger partial charge in [0.2, 0.25) is 0 Å². The largest absolute Gasteiger partial charge is 0.289 e. The Morgan fingerprint density at radius 1 is 1.00 bits per heavy atom. The number of para-hydroxylation sites is 1. The van der Waals surface area contributed by atoms with Crippen molar-refractivity contribution in [3.63, 3.8) is 0 Å². The van der Waals surface area contributed by atoms with Gasteiger partial charge >= 0.3 is 0 Å². The van der Waals surface area contributed by atoms with Gasteiger partial charge in [-0.2, -0.15) is 0 Å². The molecular formula is C14H15NO2S. The van der Waals surface area contributed by atoms with Crippen LogP contribution in [0, 0.1) is 13.8 Å². The lowest BCUT2D eigenvalue weighted by atomic mass is 10.2. The molecule has 4 heteroatoms. The Labute approximate surface area is 109 Å². The predicted octanol–water partition coefficient (Wildman–Crippen LogP) is 3.58. The van der Waals surface area contributed by atoms with Gasteiger partial charge < -0.3 is 0 Å². The fourth-order valence-corrected chi connectivity index (χ4v) is 2.46. The van der Waals surface area contributed by atoms with Crippen LogP contribution in [0.3, 0.4) is 0 Å². The number of rotatable bonds is 3. The fourth-order valence-electron chi connectivity index (χ4n) is 1.78. The Morgan fingerprint density at radius 2 is 1.61 bits per heavy atom. The van der Waals surface area contributed by atoms with Crippen molar-refractivity contribution in [2.45, 2.75) is 13.8 Å². The maximum Gasteiger partial charge on any atom is 0.266 e. The van der Waals surface area contributed by atoms with Crippen LogP contribution in [0.15, 0.2) is 48.5 Å². The zero-order valence-corrected chi connectivity index (χ0v) is 11.1. The molecule has 1 unspecified atom stereocenters. The Hall–Kier alpha value is -1.65. The molecule has 1 N–H and O–H groups in total. The number of aryl methyl sites for hydroxylation is 2. The smallest absolute Gasteiger partial charge is 0.266 e. The van der Waals surface area contributed by atoms with E-state index in [1.807, 2.05) is 62.4 Å². The number of benzene rings is 2. The van der Waals surface area contributed by atoms with Crippen LogP contribution < -0.4 is 4.31 Å². The molecule has 0 saturated heterocycles. The van der Waals surface area contributed by atoms with Crippen LogP contribution in [0.25, 0.3) is 0 Å². The minimum Gasteiger partial charge on any atom is -0.289 e. The van der Waals surface area contributed by atoms with Crippen LogP contribution in [-0.2, 0) is 11.3 Å². The maximum absolute atomic E-state index is 11.6. The number of nitrogens with zero attached hydrogens (tertiary/aromatic N) is 1. The number of hydrogen-bond acceptors (Lipinski definition) is 1. The van der Waals surface area contributed by atoms with Crippen molar-refractivity contribution in [3.05, 3.63) is 59.7 Å². The van der Waals surface area contributed by atoms with Gasteiger partial charge in [-0.05, 0) is 37.6 Å². The summed E-state index contributed by atoms with van der Waals surface area (Å²) in [5.74, 6) is 0. The van der Waals surface area contributed by atoms with Crippen molar-refractivity contribution >= 4 is 22.6 Å². The molecule has 0 saturated carbocycles. The first-order valence-electron chi connectivity index (χ1n) is 5.63. The summed E-state index contributed by atoms with van der Waals surface area (Å²) in [5.41, 5.74) is 3.52. The highest BCUT2D eigenvalue weighted by Gasteiger charge is 2.16. The molecule has 3 nitrogen and oxygen atoms in total. The van der Waals surface area contributed by atoms with Gasteiger partial charge in [0.25, 0.3) is 11.3 Å². The fraction of sp³-hybridized carbons (Fsp3) is 0.143. The van der Waals surface area contributed by atoms with E-state index in [0.29, 0.717) is 5.69 Å². The molecule has 0 bridgehead atoms. The van der Waals surface area contributed by atoms with Crippen LogP contribution >= 0.6 is 0 Å². The lowest BCUT2D eigenvalue weighted by Gasteiger charge is -2.21. The summed E-state index contributed by atoms with van der Waals surface area (Å²) in [6.45, 7) is 3.90. The summed E-state index contributed by atoms with van der Waals surface area (Å²) in [5, 5.41) is 0. The topological polar surface area (TPSA) is 40.5 Å². The lowest BCUT2D eigenvalue weighted by Crippen LogP contribution is -2.20. The van der Waals surface area contributed by atoms with Gasteiger partial charge in [-0.25, -0.2) is 8.51 Å². The van der Waals surface area contributed by atoms with Crippen molar-refractivity contribution < 1.29 is 8.76 Å². The first-order chi connectivity index (χ1) is 8.59. The third kappa shape index (κ3) is 2.60. The molecule has 0 spiro atoms. The lowest BCUT2D eigenvalue weighted by molar-refractivity contribution is 0.564. The van der Waals surface area contributed by atoms with Gasteiger partial charge in [-0.3, -0.25) is 4.55 Å². The number of anilines is 2. The second kappa shape index (κ2) is 5.33. The van der Waals surface area contributed by atoms with E-state index >= 15 is 0 Å². The number of hydrogen-bond donors (Lipinski definition) is 1. The van der Waals surface area contributed by atoms with Gasteiger partial charge in [-0.1, -0.05) is 35.9 Å². The highest BCUT2D eigenvalue weighted by atomic mass is 32.2. The quantitative estimate of drug-likeness (QED) is 0.858. The van der Waals surface area contributed by atoms with E-state index in [1.54, 1.807) is 0 Å². The minimum atomic E-state index is -2.09. The minimum absolute atomic E-state index is 0.704. The van der Waals surface area contributed by atoms with Crippen LogP contribution in [0.2, 0.25) is 0 Å². The molecule has 0 aliphatic rings. The zero-order chi connectivity index (χ0) is 13.1. The molecule has 0 aliphatic heterocycles. The van der Waals surface area contributed by atoms with Gasteiger partial charge in [0.15, 0.2) is 0 Å². The van der Waals surface area contributed by atoms with Crippen molar-refractivity contribution in [2.24, 2.45) is 0 Å². The SMILES string of the molecule is Cc1ccc(N(c2ccccc2C)S(=O)O)cc1. The van der Waals surface area contributed by atoms with Gasteiger partial charge in [0.05, 0.1) is 11.4 Å². The first kappa shape index (κ1) is 12.8. The van der Waals surface area contributed by atoms with Gasteiger partial charge in [-0.15, -0.1) is 0 Å². The normalized spacial score (nSPS) is 12.2. The van der Waals surface area contributed by atoms with Crippen LogP contribution in [0.5, 0.6) is 0 Å². The summed E-state index contributed by atoms with van der Waals surface area (Å²) in [6.07, 6.45) is 0. The van der Waals surface area contributed by atoms with Gasteiger partial charge in [0, 0.05) is 0 Å². The predicted molar refractivity (Wildman–Crippen MR) is 75.3 cm³/mol. The molecule has 18 heavy (non-hydrogen) atoms. The van der Waals surface area contributed by atoms with Crippen molar-refractivity contribution in [1.82, 2.24) is 0 Å². The third-order valence-electron chi connectivity index (χ3n) is 2.76. The second-order valence-corrected chi connectivity index (χ2v) is 4.97. The van der Waals surface area contributed by atoms with Crippen LogP contribution in [-0.4, -0.2) is 8.76 Å². The highest BCUT2D eigenvalue weighted by molar-refractivity contribution is 7.81. The molecule has 0 amide bonds. The summed E-state index contributed by atoms with van der Waals surface area (Å²) in [4.78, 5) is 0. The molecule has 0 fully saturated rings. The van der Waals surface area contributed by atoms with E-state index < -0.39 is 11.3 Å². The Bertz CT molecular complexity index is 566. The summed E-state index contributed by atoms with van der Waals surface area (Å²) >= 11 is -2.09. The standard InChI is InChI=1S/C14H15NO2S/c1-11-7-9-13(10-8-11)15(18(16)17)14-6-4-3-5-12(14)2/h3-10H,1-2H3,(H,16,17). The molecule has 2 aromatic carbocycles. The molecule has 2 aromatic rings. The Kier molecular flexibility index (Phi) is 3.79. The summed E-state index contributed by atoms with van der Waals surface area (Å²) in [6, 6.07) is 15.1. The molecule has 1 atom stereocenters. The Balaban J connectivity index is 2.50. The molecular weight excluding hydrogens is 246 g/mol. The van der Waals surface area contributed by atoms with E-state index in [1.165, 1.54) is 4.31 Å². The molecule has 0 aromatic heterocycles. The van der Waals surface area contributed by atoms with E-state index in [-0.39, 0.29) is 0 Å². The Morgan fingerprint density at radius 3 is 2.17 bits per heavy atom. The van der Waals surface area contributed by atoms with E-state index in [9.17, 15) is 8.76 Å². The van der Waals surface area contributed by atoms with E-state index in [2.05, 4.69) is 0 Å². The maximum atomic E-state index is 11.6. The average molecular weight is 261 g/mol. The average Bonchev–Trinajstić information content (AvgIpc) is 2.34. The summed E-state index contributed by atoms with van der Waals surface area (Å²) < 4.78 is 22.5. The highest BCUT2D eigenvalue weighted by Crippen LogP contribution is 2.29. The van der Waals surface area contributed by atoms with Crippen molar-refractivity contribution in [1.29, 1.82) is 0 Å². The molecule has 0 heterocycles. The molecule has 0 radical (unpaired) electrons. The van der Waals surface area contributed by atoms with E-state index in [4.69, 9.17) is 0 Å². The zero-order valence-electron chi connectivity index (χ0n) is 10.3. The molecule has 2 rings (SSSR count). The third-order valence-corrected chi connectivity index (χ3v) is 3.48. The molecule has 94 valence electrons. The monoisotopic (exact) mass is 261 g/mol. The van der Waals surface area contributed by atoms with Crippen molar-refractivity contribution in [3.8, 4) is 0 Å². The first-order valence-corrected chi connectivity index (χ1v) is 6.69. The van der Waals surface area contributed by atoms with Gasteiger partial charge in [0.1, 0.15) is 0 Å². The van der Waals surface area contributed by atoms with Crippen LogP contribution in [0.4, 0.5) is 11.4 Å².